The van der Waals surface area contributed by atoms with Crippen molar-refractivity contribution in [2.75, 3.05) is 0 Å². The monoisotopic (exact) mass is 197 g/mol. The van der Waals surface area contributed by atoms with E-state index in [2.05, 4.69) is 13.0 Å². The molecule has 1 aromatic rings. The van der Waals surface area contributed by atoms with E-state index >= 15 is 0 Å². The first-order valence-electron chi connectivity index (χ1n) is 4.66. The van der Waals surface area contributed by atoms with Gasteiger partial charge in [-0.3, -0.25) is 0 Å². The molecule has 0 unspecified atom stereocenters. The number of nitrogens with two attached hydrogens (primary N) is 1. The summed E-state index contributed by atoms with van der Waals surface area (Å²) in [7, 11) is 0. The Morgan fingerprint density at radius 2 is 2.15 bits per heavy atom. The third-order valence-corrected chi connectivity index (χ3v) is 2.48. The zero-order valence-electron chi connectivity index (χ0n) is 8.18. The molecule has 0 aliphatic carbocycles. The molecular weight excluding hydrogens is 182 g/mol. The molecule has 0 bridgehead atoms. The highest BCUT2D eigenvalue weighted by Crippen LogP contribution is 2.25. The molecule has 0 aliphatic rings. The van der Waals surface area contributed by atoms with E-state index < -0.39 is 0 Å². The summed E-state index contributed by atoms with van der Waals surface area (Å²) in [6.45, 7) is 4.16. The summed E-state index contributed by atoms with van der Waals surface area (Å²) < 4.78 is 0. The predicted molar refractivity (Wildman–Crippen MR) is 58.0 cm³/mol. The van der Waals surface area contributed by atoms with Gasteiger partial charge in [-0.2, -0.15) is 0 Å². The van der Waals surface area contributed by atoms with Crippen LogP contribution >= 0.6 is 11.6 Å². The maximum atomic E-state index is 6.08. The topological polar surface area (TPSA) is 26.0 Å². The summed E-state index contributed by atoms with van der Waals surface area (Å²) in [5.41, 5.74) is 8.21. The Balaban J connectivity index is 2.88. The largest absolute Gasteiger partial charge is 0.324 e. The Kier molecular flexibility index (Phi) is 3.76. The maximum absolute atomic E-state index is 6.08. The smallest absolute Gasteiger partial charge is 0.0456 e. The zero-order chi connectivity index (χ0) is 9.84. The number of aryl methyl sites for hydroxylation is 1. The normalized spacial score (nSPS) is 12.9. The van der Waals surface area contributed by atoms with Gasteiger partial charge in [0.05, 0.1) is 0 Å². The van der Waals surface area contributed by atoms with Crippen LogP contribution in [0, 0.1) is 6.92 Å². The molecular formula is C11H16ClN. The molecule has 1 aromatic carbocycles. The molecule has 0 saturated carbocycles. The van der Waals surface area contributed by atoms with Gasteiger partial charge >= 0.3 is 0 Å². The standard InChI is InChI=1S/C11H16ClN/c1-3-4-11(13)9-6-5-8(2)7-10(9)12/h5-7,11H,3-4,13H2,1-2H3/t11-/m0/s1. The molecule has 0 saturated heterocycles. The number of benzene rings is 1. The van der Waals surface area contributed by atoms with Crippen LogP contribution in [0.2, 0.25) is 5.02 Å². The molecule has 2 heteroatoms. The minimum Gasteiger partial charge on any atom is -0.324 e. The van der Waals surface area contributed by atoms with Gasteiger partial charge < -0.3 is 5.73 Å². The Hall–Kier alpha value is -0.530. The molecule has 1 nitrogen and oxygen atoms in total. The SMILES string of the molecule is CCC[C@H](N)c1ccc(C)cc1Cl. The zero-order valence-corrected chi connectivity index (χ0v) is 8.93. The summed E-state index contributed by atoms with van der Waals surface area (Å²) in [6, 6.07) is 6.12. The fraction of sp³-hybridized carbons (Fsp3) is 0.455. The Bertz CT molecular complexity index is 283. The van der Waals surface area contributed by atoms with E-state index in [1.807, 2.05) is 19.1 Å². The van der Waals surface area contributed by atoms with E-state index in [9.17, 15) is 0 Å². The van der Waals surface area contributed by atoms with Gasteiger partial charge in [-0.25, -0.2) is 0 Å². The van der Waals surface area contributed by atoms with Crippen LogP contribution in [-0.4, -0.2) is 0 Å². The molecule has 0 aromatic heterocycles. The van der Waals surface area contributed by atoms with Crippen LogP contribution < -0.4 is 5.73 Å². The van der Waals surface area contributed by atoms with Crippen molar-refractivity contribution in [1.82, 2.24) is 0 Å². The van der Waals surface area contributed by atoms with Crippen molar-refractivity contribution in [1.29, 1.82) is 0 Å². The predicted octanol–water partition coefficient (Wildman–Crippen LogP) is 3.45. The Labute approximate surface area is 84.9 Å². The van der Waals surface area contributed by atoms with Crippen molar-refractivity contribution >= 4 is 11.6 Å². The molecule has 1 rings (SSSR count). The lowest BCUT2D eigenvalue weighted by atomic mass is 10.0. The van der Waals surface area contributed by atoms with Crippen LogP contribution in [0.5, 0.6) is 0 Å². The van der Waals surface area contributed by atoms with Gasteiger partial charge in [-0.05, 0) is 30.5 Å². The molecule has 0 aliphatic heterocycles. The van der Waals surface area contributed by atoms with Crippen LogP contribution in [-0.2, 0) is 0 Å². The molecule has 0 radical (unpaired) electrons. The first kappa shape index (κ1) is 10.6. The lowest BCUT2D eigenvalue weighted by molar-refractivity contribution is 0.638. The summed E-state index contributed by atoms with van der Waals surface area (Å²) in [5.74, 6) is 0. The first-order chi connectivity index (χ1) is 6.15. The quantitative estimate of drug-likeness (QED) is 0.790. The van der Waals surface area contributed by atoms with E-state index in [-0.39, 0.29) is 6.04 Å². The van der Waals surface area contributed by atoms with Gasteiger partial charge in [-0.15, -0.1) is 0 Å². The summed E-state index contributed by atoms with van der Waals surface area (Å²) >= 11 is 6.08. The van der Waals surface area contributed by atoms with Gasteiger partial charge in [-0.1, -0.05) is 37.1 Å². The number of hydrogen-bond donors (Lipinski definition) is 1. The average Bonchev–Trinajstić information content (AvgIpc) is 2.04. The van der Waals surface area contributed by atoms with Crippen LogP contribution in [0.3, 0.4) is 0 Å². The lowest BCUT2D eigenvalue weighted by Gasteiger charge is -2.12. The van der Waals surface area contributed by atoms with E-state index in [1.165, 1.54) is 5.56 Å². The van der Waals surface area contributed by atoms with Crippen molar-refractivity contribution in [2.24, 2.45) is 5.73 Å². The highest BCUT2D eigenvalue weighted by molar-refractivity contribution is 6.31. The summed E-state index contributed by atoms with van der Waals surface area (Å²) in [5, 5.41) is 0.793. The molecule has 0 fully saturated rings. The summed E-state index contributed by atoms with van der Waals surface area (Å²) in [4.78, 5) is 0. The molecule has 0 amide bonds. The highest BCUT2D eigenvalue weighted by Gasteiger charge is 2.08. The second-order valence-corrected chi connectivity index (χ2v) is 3.83. The molecule has 0 spiro atoms. The molecule has 1 atom stereocenters. The minimum absolute atomic E-state index is 0.0816. The van der Waals surface area contributed by atoms with Gasteiger partial charge in [0, 0.05) is 11.1 Å². The van der Waals surface area contributed by atoms with E-state index in [0.717, 1.165) is 23.4 Å². The van der Waals surface area contributed by atoms with Crippen LogP contribution in [0.1, 0.15) is 36.9 Å². The summed E-state index contributed by atoms with van der Waals surface area (Å²) in [6.07, 6.45) is 2.08. The van der Waals surface area contributed by atoms with Crippen molar-refractivity contribution < 1.29 is 0 Å². The van der Waals surface area contributed by atoms with Crippen LogP contribution in [0.25, 0.3) is 0 Å². The fourth-order valence-corrected chi connectivity index (χ4v) is 1.77. The van der Waals surface area contributed by atoms with E-state index in [4.69, 9.17) is 17.3 Å². The lowest BCUT2D eigenvalue weighted by Crippen LogP contribution is -2.10. The van der Waals surface area contributed by atoms with Crippen molar-refractivity contribution in [3.05, 3.63) is 34.3 Å². The Morgan fingerprint density at radius 3 is 2.69 bits per heavy atom. The highest BCUT2D eigenvalue weighted by atomic mass is 35.5. The van der Waals surface area contributed by atoms with Gasteiger partial charge in [0.1, 0.15) is 0 Å². The van der Waals surface area contributed by atoms with Crippen molar-refractivity contribution in [3.63, 3.8) is 0 Å². The molecule has 2 N–H and O–H groups in total. The average molecular weight is 198 g/mol. The number of hydrogen-bond acceptors (Lipinski definition) is 1. The second kappa shape index (κ2) is 4.64. The van der Waals surface area contributed by atoms with Gasteiger partial charge in [0.15, 0.2) is 0 Å². The van der Waals surface area contributed by atoms with Crippen LogP contribution in [0.4, 0.5) is 0 Å². The minimum atomic E-state index is 0.0816. The Morgan fingerprint density at radius 1 is 1.46 bits per heavy atom. The van der Waals surface area contributed by atoms with Crippen LogP contribution in [0.15, 0.2) is 18.2 Å². The third-order valence-electron chi connectivity index (χ3n) is 2.16. The van der Waals surface area contributed by atoms with Gasteiger partial charge in [0.25, 0.3) is 0 Å². The van der Waals surface area contributed by atoms with E-state index in [1.54, 1.807) is 0 Å². The first-order valence-corrected chi connectivity index (χ1v) is 5.04. The maximum Gasteiger partial charge on any atom is 0.0456 e. The number of rotatable bonds is 3. The van der Waals surface area contributed by atoms with Crippen molar-refractivity contribution in [2.45, 2.75) is 32.7 Å². The second-order valence-electron chi connectivity index (χ2n) is 3.42. The number of halogens is 1. The van der Waals surface area contributed by atoms with Gasteiger partial charge in [0.2, 0.25) is 0 Å². The molecule has 72 valence electrons. The fourth-order valence-electron chi connectivity index (χ4n) is 1.40. The van der Waals surface area contributed by atoms with E-state index in [0.29, 0.717) is 0 Å². The third kappa shape index (κ3) is 2.71. The molecule has 13 heavy (non-hydrogen) atoms. The molecule has 0 heterocycles. The van der Waals surface area contributed by atoms with Crippen molar-refractivity contribution in [3.8, 4) is 0 Å².